The number of carbonyl (C=O) groups is 1. The number of thioether (sulfide) groups is 1. The van der Waals surface area contributed by atoms with Crippen molar-refractivity contribution in [1.82, 2.24) is 9.55 Å². The number of carbonyl (C=O) groups excluding carboxylic acids is 1. The van der Waals surface area contributed by atoms with Crippen molar-refractivity contribution in [3.63, 3.8) is 0 Å². The first-order valence-electron chi connectivity index (χ1n) is 5.01. The topological polar surface area (TPSA) is 34.9 Å². The summed E-state index contributed by atoms with van der Waals surface area (Å²) < 4.78 is 2.35. The average molecular weight is 262 g/mol. The second-order valence-electron chi connectivity index (χ2n) is 3.31. The Hall–Kier alpha value is -1.46. The molecule has 0 atom stereocenters. The summed E-state index contributed by atoms with van der Waals surface area (Å²) in [6.07, 6.45) is 5.05. The molecular weight excluding hydrogens is 252 g/mol. The maximum atomic E-state index is 11.8. The van der Waals surface area contributed by atoms with E-state index in [9.17, 15) is 4.79 Å². The van der Waals surface area contributed by atoms with Gasteiger partial charge in [-0.1, -0.05) is 54.3 Å². The molecule has 1 aromatic heterocycles. The Bertz CT molecular complexity index is 509. The van der Waals surface area contributed by atoms with Crippen LogP contribution in [0.15, 0.2) is 49.1 Å². The van der Waals surface area contributed by atoms with Crippen molar-refractivity contribution in [2.45, 2.75) is 0 Å². The third-order valence-electron chi connectivity index (χ3n) is 2.14. The molecule has 0 bridgehead atoms. The van der Waals surface area contributed by atoms with Gasteiger partial charge in [-0.15, -0.1) is 0 Å². The highest BCUT2D eigenvalue weighted by atomic mass is 32.2. The van der Waals surface area contributed by atoms with E-state index in [1.165, 1.54) is 11.8 Å². The number of aromatic nitrogens is 2. The quantitative estimate of drug-likeness (QED) is 0.629. The van der Waals surface area contributed by atoms with Gasteiger partial charge in [0.05, 0.1) is 5.75 Å². The fourth-order valence-electron chi connectivity index (χ4n) is 1.28. The van der Waals surface area contributed by atoms with E-state index in [-0.39, 0.29) is 5.78 Å². The lowest BCUT2D eigenvalue weighted by Crippen LogP contribution is -2.08. The van der Waals surface area contributed by atoms with Crippen LogP contribution in [0.1, 0.15) is 10.4 Å². The minimum absolute atomic E-state index is 0.0815. The van der Waals surface area contributed by atoms with E-state index in [1.807, 2.05) is 30.3 Å². The van der Waals surface area contributed by atoms with E-state index in [0.29, 0.717) is 15.6 Å². The first-order valence-corrected chi connectivity index (χ1v) is 6.40. The van der Waals surface area contributed by atoms with Crippen molar-refractivity contribution in [2.24, 2.45) is 0 Å². The molecule has 0 saturated heterocycles. The Labute approximate surface area is 109 Å². The zero-order valence-electron chi connectivity index (χ0n) is 8.95. The molecule has 0 N–H and O–H groups in total. The molecule has 17 heavy (non-hydrogen) atoms. The SMILES string of the molecule is O=C(CSC(=S)n1ccnc1)c1ccccc1. The summed E-state index contributed by atoms with van der Waals surface area (Å²) in [7, 11) is 0. The molecule has 0 aliphatic heterocycles. The number of nitrogens with zero attached hydrogens (tertiary/aromatic N) is 2. The van der Waals surface area contributed by atoms with Gasteiger partial charge in [-0.3, -0.25) is 9.36 Å². The predicted molar refractivity (Wildman–Crippen MR) is 73.5 cm³/mol. The number of thiocarbonyl (C=S) groups is 1. The van der Waals surface area contributed by atoms with E-state index in [0.717, 1.165) is 0 Å². The number of benzene rings is 1. The molecule has 2 rings (SSSR count). The van der Waals surface area contributed by atoms with Gasteiger partial charge < -0.3 is 0 Å². The molecule has 2 aromatic rings. The van der Waals surface area contributed by atoms with Gasteiger partial charge in [0.2, 0.25) is 0 Å². The molecular formula is C12H10N2OS2. The monoisotopic (exact) mass is 262 g/mol. The molecule has 86 valence electrons. The fourth-order valence-corrected chi connectivity index (χ4v) is 2.24. The molecule has 0 spiro atoms. The van der Waals surface area contributed by atoms with Gasteiger partial charge in [-0.25, -0.2) is 4.98 Å². The van der Waals surface area contributed by atoms with Crippen LogP contribution in [0.2, 0.25) is 0 Å². The van der Waals surface area contributed by atoms with Gasteiger partial charge in [0.25, 0.3) is 0 Å². The van der Waals surface area contributed by atoms with Gasteiger partial charge in [0.15, 0.2) is 5.78 Å². The van der Waals surface area contributed by atoms with Gasteiger partial charge in [0.1, 0.15) is 10.6 Å². The minimum atomic E-state index is 0.0815. The zero-order chi connectivity index (χ0) is 12.1. The molecule has 1 heterocycles. The minimum Gasteiger partial charge on any atom is -0.293 e. The summed E-state index contributed by atoms with van der Waals surface area (Å²) in [6, 6.07) is 9.21. The van der Waals surface area contributed by atoms with Crippen LogP contribution in [0.5, 0.6) is 0 Å². The van der Waals surface area contributed by atoms with Crippen LogP contribution in [0.25, 0.3) is 0 Å². The summed E-state index contributed by atoms with van der Waals surface area (Å²) in [5.74, 6) is 0.430. The highest BCUT2D eigenvalue weighted by Gasteiger charge is 2.07. The van der Waals surface area contributed by atoms with Gasteiger partial charge >= 0.3 is 0 Å². The number of Topliss-reactive ketones (excluding diaryl/α,β-unsaturated/α-hetero) is 1. The molecule has 0 saturated carbocycles. The van der Waals surface area contributed by atoms with E-state index in [4.69, 9.17) is 12.2 Å². The highest BCUT2D eigenvalue weighted by molar-refractivity contribution is 8.23. The number of hydrogen-bond donors (Lipinski definition) is 0. The van der Waals surface area contributed by atoms with Crippen LogP contribution in [0, 0.1) is 0 Å². The number of rotatable bonds is 3. The lowest BCUT2D eigenvalue weighted by Gasteiger charge is -2.03. The molecule has 3 nitrogen and oxygen atoms in total. The van der Waals surface area contributed by atoms with Crippen LogP contribution in [-0.2, 0) is 0 Å². The standard InChI is InChI=1S/C12H10N2OS2/c15-11(10-4-2-1-3-5-10)8-17-12(16)14-7-6-13-9-14/h1-7,9H,8H2. The first kappa shape index (κ1) is 12.0. The van der Waals surface area contributed by atoms with Crippen LogP contribution in [0.3, 0.4) is 0 Å². The second kappa shape index (κ2) is 5.75. The van der Waals surface area contributed by atoms with Crippen LogP contribution in [0.4, 0.5) is 0 Å². The Kier molecular flexibility index (Phi) is 4.06. The lowest BCUT2D eigenvalue weighted by molar-refractivity contribution is 0.102. The molecule has 0 amide bonds. The van der Waals surface area contributed by atoms with Crippen molar-refractivity contribution >= 4 is 34.1 Å². The van der Waals surface area contributed by atoms with Crippen LogP contribution in [-0.4, -0.2) is 25.4 Å². The fraction of sp³-hybridized carbons (Fsp3) is 0.0833. The van der Waals surface area contributed by atoms with Crippen molar-refractivity contribution in [3.05, 3.63) is 54.6 Å². The Balaban J connectivity index is 1.91. The zero-order valence-corrected chi connectivity index (χ0v) is 10.6. The number of ketones is 1. The normalized spacial score (nSPS) is 10.1. The van der Waals surface area contributed by atoms with Crippen molar-refractivity contribution < 1.29 is 4.79 Å². The average Bonchev–Trinajstić information content (AvgIpc) is 2.90. The largest absolute Gasteiger partial charge is 0.293 e. The molecule has 0 fully saturated rings. The summed E-state index contributed by atoms with van der Waals surface area (Å²) in [6.45, 7) is 0. The third-order valence-corrected chi connectivity index (χ3v) is 3.57. The van der Waals surface area contributed by atoms with Crippen molar-refractivity contribution in [1.29, 1.82) is 0 Å². The summed E-state index contributed by atoms with van der Waals surface area (Å²) in [4.78, 5) is 15.7. The van der Waals surface area contributed by atoms with Gasteiger partial charge in [-0.2, -0.15) is 0 Å². The molecule has 5 heteroatoms. The number of imidazole rings is 1. The second-order valence-corrected chi connectivity index (χ2v) is 4.92. The van der Waals surface area contributed by atoms with Crippen LogP contribution >= 0.6 is 24.0 Å². The maximum Gasteiger partial charge on any atom is 0.173 e. The Morgan fingerprint density at radius 3 is 2.76 bits per heavy atom. The van der Waals surface area contributed by atoms with Gasteiger partial charge in [-0.05, 0) is 0 Å². The van der Waals surface area contributed by atoms with E-state index >= 15 is 0 Å². The maximum absolute atomic E-state index is 11.8. The predicted octanol–water partition coefficient (Wildman–Crippen LogP) is 2.63. The summed E-state index contributed by atoms with van der Waals surface area (Å²) >= 11 is 6.52. The first-order chi connectivity index (χ1) is 8.27. The summed E-state index contributed by atoms with van der Waals surface area (Å²) in [5.41, 5.74) is 0.716. The molecule has 0 aliphatic rings. The third kappa shape index (κ3) is 3.25. The van der Waals surface area contributed by atoms with Gasteiger partial charge in [0, 0.05) is 18.0 Å². The van der Waals surface area contributed by atoms with E-state index in [2.05, 4.69) is 4.98 Å². The highest BCUT2D eigenvalue weighted by Crippen LogP contribution is 2.10. The smallest absolute Gasteiger partial charge is 0.173 e. The van der Waals surface area contributed by atoms with Crippen molar-refractivity contribution in [3.8, 4) is 0 Å². The summed E-state index contributed by atoms with van der Waals surface area (Å²) in [5, 5.41) is 0. The molecule has 0 radical (unpaired) electrons. The molecule has 0 unspecified atom stereocenters. The lowest BCUT2D eigenvalue weighted by atomic mass is 10.2. The van der Waals surface area contributed by atoms with E-state index < -0.39 is 0 Å². The van der Waals surface area contributed by atoms with Crippen molar-refractivity contribution in [2.75, 3.05) is 5.75 Å². The Morgan fingerprint density at radius 2 is 2.12 bits per heavy atom. The molecule has 1 aromatic carbocycles. The Morgan fingerprint density at radius 1 is 1.35 bits per heavy atom. The molecule has 0 aliphatic carbocycles. The van der Waals surface area contributed by atoms with E-state index in [1.54, 1.807) is 23.3 Å². The van der Waals surface area contributed by atoms with Crippen LogP contribution < -0.4 is 0 Å². The number of hydrogen-bond acceptors (Lipinski definition) is 4.